The van der Waals surface area contributed by atoms with Crippen molar-refractivity contribution in [2.24, 2.45) is 0 Å². The van der Waals surface area contributed by atoms with Crippen LogP contribution in [-0.2, 0) is 12.8 Å². The van der Waals surface area contributed by atoms with E-state index in [2.05, 4.69) is 98.1 Å². The first-order chi connectivity index (χ1) is 15.3. The number of unbranched alkanes of at least 4 members (excludes halogenated alkanes) is 4. The maximum atomic E-state index is 3.78. The van der Waals surface area contributed by atoms with Crippen LogP contribution in [0.2, 0.25) is 0 Å². The number of benzene rings is 3. The summed E-state index contributed by atoms with van der Waals surface area (Å²) in [5, 5.41) is 0. The summed E-state index contributed by atoms with van der Waals surface area (Å²) in [6, 6.07) is 26.2. The van der Waals surface area contributed by atoms with E-state index in [9.17, 15) is 0 Å². The summed E-state index contributed by atoms with van der Waals surface area (Å²) in [6.45, 7) is 6.03. The molecule has 0 saturated carbocycles. The molecule has 0 amide bonds. The minimum Gasteiger partial charge on any atom is -0.103 e. The lowest BCUT2D eigenvalue weighted by Gasteiger charge is -2.05. The third-order valence-corrected chi connectivity index (χ3v) is 5.67. The average molecular weight is 407 g/mol. The van der Waals surface area contributed by atoms with Gasteiger partial charge in [0.2, 0.25) is 0 Å². The molecular weight excluding hydrogens is 372 g/mol. The predicted molar refractivity (Wildman–Crippen MR) is 135 cm³/mol. The van der Waals surface area contributed by atoms with E-state index in [1.54, 1.807) is 0 Å². The minimum absolute atomic E-state index is 1.05. The molecule has 0 fully saturated rings. The maximum absolute atomic E-state index is 3.78. The van der Waals surface area contributed by atoms with Gasteiger partial charge in [0.25, 0.3) is 0 Å². The molecule has 0 heterocycles. The normalized spacial score (nSPS) is 10.4. The zero-order chi connectivity index (χ0) is 21.7. The molecule has 0 N–H and O–H groups in total. The third-order valence-electron chi connectivity index (χ3n) is 5.67. The molecule has 0 nitrogen and oxygen atoms in total. The van der Waals surface area contributed by atoms with Crippen molar-refractivity contribution in [2.75, 3.05) is 0 Å². The third kappa shape index (κ3) is 7.62. The number of allylic oxidation sites excluding steroid dienone is 1. The molecule has 0 atom stereocenters. The van der Waals surface area contributed by atoms with Gasteiger partial charge in [-0.2, -0.15) is 0 Å². The molecular formula is C31H34. The van der Waals surface area contributed by atoms with Crippen molar-refractivity contribution in [1.82, 2.24) is 0 Å². The van der Waals surface area contributed by atoms with Gasteiger partial charge in [0, 0.05) is 11.1 Å². The summed E-state index contributed by atoms with van der Waals surface area (Å²) in [6.07, 6.45) is 11.7. The van der Waals surface area contributed by atoms with Crippen LogP contribution in [0.25, 0.3) is 11.1 Å². The smallest absolute Gasteiger partial charge is 0.0249 e. The van der Waals surface area contributed by atoms with Crippen molar-refractivity contribution in [3.63, 3.8) is 0 Å². The van der Waals surface area contributed by atoms with Crippen LogP contribution in [0.4, 0.5) is 0 Å². The molecule has 0 aliphatic rings. The molecule has 0 aliphatic carbocycles. The van der Waals surface area contributed by atoms with Gasteiger partial charge in [-0.3, -0.25) is 0 Å². The second-order valence-corrected chi connectivity index (χ2v) is 8.21. The highest BCUT2D eigenvalue weighted by Crippen LogP contribution is 2.21. The Hall–Kier alpha value is -3.04. The summed E-state index contributed by atoms with van der Waals surface area (Å²) in [4.78, 5) is 0. The van der Waals surface area contributed by atoms with Crippen LogP contribution in [0.15, 0.2) is 85.5 Å². The Morgan fingerprint density at radius 1 is 0.613 bits per heavy atom. The fourth-order valence-electron chi connectivity index (χ4n) is 3.71. The Kier molecular flexibility index (Phi) is 9.21. The lowest BCUT2D eigenvalue weighted by molar-refractivity contribution is 0.717. The maximum Gasteiger partial charge on any atom is 0.0249 e. The predicted octanol–water partition coefficient (Wildman–Crippen LogP) is 8.38. The van der Waals surface area contributed by atoms with E-state index < -0.39 is 0 Å². The molecule has 3 aromatic carbocycles. The summed E-state index contributed by atoms with van der Waals surface area (Å²) in [5.74, 6) is 6.59. The van der Waals surface area contributed by atoms with Crippen LogP contribution in [0.3, 0.4) is 0 Å². The van der Waals surface area contributed by atoms with Crippen molar-refractivity contribution < 1.29 is 0 Å². The molecule has 0 saturated heterocycles. The first kappa shape index (κ1) is 22.6. The fourth-order valence-corrected chi connectivity index (χ4v) is 3.71. The van der Waals surface area contributed by atoms with Crippen molar-refractivity contribution >= 4 is 0 Å². The molecule has 3 aromatic rings. The van der Waals surface area contributed by atoms with Crippen LogP contribution in [0.5, 0.6) is 0 Å². The first-order valence-electron chi connectivity index (χ1n) is 11.7. The van der Waals surface area contributed by atoms with E-state index in [4.69, 9.17) is 0 Å². The molecule has 0 radical (unpaired) electrons. The molecule has 0 aromatic heterocycles. The second kappa shape index (κ2) is 12.6. The van der Waals surface area contributed by atoms with Crippen LogP contribution < -0.4 is 0 Å². The van der Waals surface area contributed by atoms with E-state index in [-0.39, 0.29) is 0 Å². The van der Waals surface area contributed by atoms with Gasteiger partial charge in [0.05, 0.1) is 0 Å². The zero-order valence-electron chi connectivity index (χ0n) is 18.9. The molecule has 0 bridgehead atoms. The van der Waals surface area contributed by atoms with Crippen molar-refractivity contribution in [2.45, 2.75) is 58.3 Å². The van der Waals surface area contributed by atoms with Crippen LogP contribution in [0.1, 0.15) is 67.7 Å². The summed E-state index contributed by atoms with van der Waals surface area (Å²) < 4.78 is 0. The number of rotatable bonds is 10. The topological polar surface area (TPSA) is 0 Å². The lowest BCUT2D eigenvalue weighted by Crippen LogP contribution is -1.86. The van der Waals surface area contributed by atoms with Gasteiger partial charge in [-0.25, -0.2) is 0 Å². The SMILES string of the molecule is C=CCCCCc1ccc(C#Cc2ccc(-c3ccc(CCCCC)cc3)cc2)cc1. The average Bonchev–Trinajstić information content (AvgIpc) is 2.82. The summed E-state index contributed by atoms with van der Waals surface area (Å²) >= 11 is 0. The van der Waals surface area contributed by atoms with Gasteiger partial charge in [-0.05, 0) is 85.0 Å². The standard InChI is InChI=1S/C31H34/c1-3-5-7-9-11-26-12-14-28(15-13-26)16-17-29-20-24-31(25-21-29)30-22-18-27(19-23-30)10-8-6-4-2/h3,12-15,18-25H,1,4-11H2,2H3. The molecule has 158 valence electrons. The Morgan fingerprint density at radius 2 is 1.06 bits per heavy atom. The Bertz CT molecular complexity index is 977. The van der Waals surface area contributed by atoms with Crippen molar-refractivity contribution in [1.29, 1.82) is 0 Å². The highest BCUT2D eigenvalue weighted by Gasteiger charge is 1.99. The molecule has 31 heavy (non-hydrogen) atoms. The quantitative estimate of drug-likeness (QED) is 0.180. The van der Waals surface area contributed by atoms with E-state index >= 15 is 0 Å². The molecule has 0 unspecified atom stereocenters. The van der Waals surface area contributed by atoms with Gasteiger partial charge in [-0.1, -0.05) is 86.2 Å². The number of aryl methyl sites for hydroxylation is 2. The molecule has 0 aliphatic heterocycles. The van der Waals surface area contributed by atoms with Crippen molar-refractivity contribution in [3.8, 4) is 23.0 Å². The minimum atomic E-state index is 1.05. The Balaban J connectivity index is 1.56. The highest BCUT2D eigenvalue weighted by atomic mass is 14.0. The monoisotopic (exact) mass is 406 g/mol. The molecule has 0 spiro atoms. The van der Waals surface area contributed by atoms with Crippen LogP contribution in [0, 0.1) is 11.8 Å². The summed E-state index contributed by atoms with van der Waals surface area (Å²) in [5.41, 5.74) is 7.44. The van der Waals surface area contributed by atoms with Gasteiger partial charge < -0.3 is 0 Å². The first-order valence-corrected chi connectivity index (χ1v) is 11.7. The number of hydrogen-bond acceptors (Lipinski definition) is 0. The Morgan fingerprint density at radius 3 is 1.58 bits per heavy atom. The zero-order valence-corrected chi connectivity index (χ0v) is 18.9. The largest absolute Gasteiger partial charge is 0.103 e. The van der Waals surface area contributed by atoms with Crippen LogP contribution in [-0.4, -0.2) is 0 Å². The fraction of sp³-hybridized carbons (Fsp3) is 0.290. The number of hydrogen-bond donors (Lipinski definition) is 0. The highest BCUT2D eigenvalue weighted by molar-refractivity contribution is 5.64. The lowest BCUT2D eigenvalue weighted by atomic mass is 10.0. The van der Waals surface area contributed by atoms with E-state index in [0.717, 1.165) is 24.0 Å². The van der Waals surface area contributed by atoms with E-state index in [0.29, 0.717) is 0 Å². The molecule has 3 rings (SSSR count). The van der Waals surface area contributed by atoms with E-state index in [1.807, 2.05) is 6.08 Å². The molecule has 0 heteroatoms. The van der Waals surface area contributed by atoms with Gasteiger partial charge in [-0.15, -0.1) is 6.58 Å². The van der Waals surface area contributed by atoms with Gasteiger partial charge in [0.1, 0.15) is 0 Å². The Labute approximate surface area is 189 Å². The van der Waals surface area contributed by atoms with Gasteiger partial charge in [0.15, 0.2) is 0 Å². The second-order valence-electron chi connectivity index (χ2n) is 8.21. The van der Waals surface area contributed by atoms with E-state index in [1.165, 1.54) is 60.8 Å². The van der Waals surface area contributed by atoms with Crippen LogP contribution >= 0.6 is 0 Å². The van der Waals surface area contributed by atoms with Gasteiger partial charge >= 0.3 is 0 Å². The summed E-state index contributed by atoms with van der Waals surface area (Å²) in [7, 11) is 0. The van der Waals surface area contributed by atoms with Crippen molar-refractivity contribution in [3.05, 3.63) is 108 Å².